The second-order valence-electron chi connectivity index (χ2n) is 7.24. The Balaban J connectivity index is 1.62. The third-order valence-corrected chi connectivity index (χ3v) is 5.29. The van der Waals surface area contributed by atoms with Crippen LogP contribution in [0.3, 0.4) is 0 Å². The van der Waals surface area contributed by atoms with Crippen LogP contribution in [0.2, 0.25) is 0 Å². The van der Waals surface area contributed by atoms with E-state index in [4.69, 9.17) is 4.74 Å². The molecular weight excluding hydrogens is 344 g/mol. The first-order chi connectivity index (χ1) is 13.1. The van der Waals surface area contributed by atoms with E-state index in [1.54, 1.807) is 0 Å². The topological polar surface area (TPSA) is 65.1 Å². The summed E-state index contributed by atoms with van der Waals surface area (Å²) in [6, 6.07) is 7.55. The highest BCUT2D eigenvalue weighted by molar-refractivity contribution is 5.88. The zero-order chi connectivity index (χ0) is 19.2. The van der Waals surface area contributed by atoms with Gasteiger partial charge in [0.1, 0.15) is 5.75 Å². The lowest BCUT2D eigenvalue weighted by Crippen LogP contribution is -2.57. The summed E-state index contributed by atoms with van der Waals surface area (Å²) in [4.78, 5) is 31.4. The van der Waals surface area contributed by atoms with Gasteiger partial charge in [0.15, 0.2) is 0 Å². The van der Waals surface area contributed by atoms with Gasteiger partial charge in [0.2, 0.25) is 11.8 Å². The van der Waals surface area contributed by atoms with Crippen molar-refractivity contribution in [1.29, 1.82) is 0 Å². The number of carbonyl (C=O) groups excluding carboxylic acids is 2. The molecule has 1 atom stereocenters. The van der Waals surface area contributed by atoms with Crippen LogP contribution in [0.15, 0.2) is 24.3 Å². The highest BCUT2D eigenvalue weighted by Gasteiger charge is 2.33. The van der Waals surface area contributed by atoms with E-state index < -0.39 is 6.04 Å². The van der Waals surface area contributed by atoms with Crippen LogP contribution in [-0.4, -0.2) is 85.5 Å². The molecule has 1 N–H and O–H groups in total. The minimum Gasteiger partial charge on any atom is -0.494 e. The first-order valence-electron chi connectivity index (χ1n) is 9.76. The second kappa shape index (κ2) is 9.19. The predicted octanol–water partition coefficient (Wildman–Crippen LogP) is 0.550. The minimum atomic E-state index is -0.405. The van der Waals surface area contributed by atoms with Gasteiger partial charge in [-0.2, -0.15) is 0 Å². The molecule has 3 rings (SSSR count). The molecule has 1 aromatic carbocycles. The summed E-state index contributed by atoms with van der Waals surface area (Å²) in [6.45, 7) is 7.88. The molecule has 2 aliphatic heterocycles. The summed E-state index contributed by atoms with van der Waals surface area (Å²) in [5.74, 6) is 0.871. The third kappa shape index (κ3) is 5.20. The van der Waals surface area contributed by atoms with Gasteiger partial charge in [-0.25, -0.2) is 0 Å². The number of hydrogen-bond acceptors (Lipinski definition) is 5. The second-order valence-corrected chi connectivity index (χ2v) is 7.24. The molecule has 0 aliphatic carbocycles. The average Bonchev–Trinajstić information content (AvgIpc) is 2.67. The fourth-order valence-corrected chi connectivity index (χ4v) is 3.62. The predicted molar refractivity (Wildman–Crippen MR) is 104 cm³/mol. The molecule has 1 aromatic rings. The Morgan fingerprint density at radius 1 is 1.15 bits per heavy atom. The summed E-state index contributed by atoms with van der Waals surface area (Å²) < 4.78 is 5.49. The largest absolute Gasteiger partial charge is 0.494 e. The SMILES string of the molecule is CCOc1ccc(CN2CCNC(=O)C2CC(=O)N2CCN(C)CC2)cc1. The summed E-state index contributed by atoms with van der Waals surface area (Å²) >= 11 is 0. The van der Waals surface area contributed by atoms with E-state index in [-0.39, 0.29) is 18.2 Å². The number of nitrogens with zero attached hydrogens (tertiary/aromatic N) is 3. The van der Waals surface area contributed by atoms with Crippen LogP contribution in [0.1, 0.15) is 18.9 Å². The average molecular weight is 374 g/mol. The molecular formula is C20H30N4O3. The van der Waals surface area contributed by atoms with E-state index in [0.717, 1.165) is 44.0 Å². The van der Waals surface area contributed by atoms with Gasteiger partial charge in [-0.3, -0.25) is 14.5 Å². The molecule has 27 heavy (non-hydrogen) atoms. The number of benzene rings is 1. The molecule has 2 aliphatic rings. The molecule has 2 fully saturated rings. The van der Waals surface area contributed by atoms with Crippen molar-refractivity contribution in [1.82, 2.24) is 20.0 Å². The van der Waals surface area contributed by atoms with Crippen molar-refractivity contribution in [2.45, 2.75) is 25.9 Å². The molecule has 0 aromatic heterocycles. The van der Waals surface area contributed by atoms with Gasteiger partial charge in [-0.1, -0.05) is 12.1 Å². The van der Waals surface area contributed by atoms with E-state index >= 15 is 0 Å². The van der Waals surface area contributed by atoms with Gasteiger partial charge in [0.05, 0.1) is 19.1 Å². The van der Waals surface area contributed by atoms with E-state index in [1.165, 1.54) is 0 Å². The van der Waals surface area contributed by atoms with Crippen LogP contribution < -0.4 is 10.1 Å². The summed E-state index contributed by atoms with van der Waals surface area (Å²) in [6.07, 6.45) is 0.243. The lowest BCUT2D eigenvalue weighted by molar-refractivity contribution is -0.140. The molecule has 2 amide bonds. The van der Waals surface area contributed by atoms with Crippen molar-refractivity contribution in [3.8, 4) is 5.75 Å². The minimum absolute atomic E-state index is 0.0466. The number of likely N-dealkylation sites (N-methyl/N-ethyl adjacent to an activating group) is 1. The quantitative estimate of drug-likeness (QED) is 0.788. The van der Waals surface area contributed by atoms with Crippen molar-refractivity contribution in [3.63, 3.8) is 0 Å². The Kier molecular flexibility index (Phi) is 6.68. The van der Waals surface area contributed by atoms with Crippen LogP contribution in [0.4, 0.5) is 0 Å². The summed E-state index contributed by atoms with van der Waals surface area (Å²) in [5.41, 5.74) is 1.12. The molecule has 0 bridgehead atoms. The van der Waals surface area contributed by atoms with Crippen molar-refractivity contribution in [3.05, 3.63) is 29.8 Å². The Morgan fingerprint density at radius 3 is 2.52 bits per heavy atom. The molecule has 7 nitrogen and oxygen atoms in total. The van der Waals surface area contributed by atoms with Gasteiger partial charge in [-0.15, -0.1) is 0 Å². The number of nitrogens with one attached hydrogen (secondary N) is 1. The van der Waals surface area contributed by atoms with Crippen LogP contribution >= 0.6 is 0 Å². The van der Waals surface area contributed by atoms with E-state index in [9.17, 15) is 9.59 Å². The van der Waals surface area contributed by atoms with Crippen LogP contribution in [-0.2, 0) is 16.1 Å². The van der Waals surface area contributed by atoms with Crippen LogP contribution in [0, 0.1) is 0 Å². The highest BCUT2D eigenvalue weighted by atomic mass is 16.5. The molecule has 0 radical (unpaired) electrons. The number of carbonyl (C=O) groups is 2. The van der Waals surface area contributed by atoms with Gasteiger partial charge in [0.25, 0.3) is 0 Å². The lowest BCUT2D eigenvalue weighted by atomic mass is 10.1. The number of hydrogen-bond donors (Lipinski definition) is 1. The number of rotatable bonds is 6. The summed E-state index contributed by atoms with van der Waals surface area (Å²) in [7, 11) is 2.06. The van der Waals surface area contributed by atoms with Crippen molar-refractivity contribution < 1.29 is 14.3 Å². The lowest BCUT2D eigenvalue weighted by Gasteiger charge is -2.37. The number of ether oxygens (including phenoxy) is 1. The van der Waals surface area contributed by atoms with Crippen molar-refractivity contribution in [2.24, 2.45) is 0 Å². The zero-order valence-corrected chi connectivity index (χ0v) is 16.3. The maximum absolute atomic E-state index is 12.7. The van der Waals surface area contributed by atoms with Crippen LogP contribution in [0.5, 0.6) is 5.75 Å². The molecule has 0 spiro atoms. The van der Waals surface area contributed by atoms with Gasteiger partial charge in [-0.05, 0) is 31.7 Å². The third-order valence-electron chi connectivity index (χ3n) is 5.29. The number of piperazine rings is 2. The maximum atomic E-state index is 12.7. The fourth-order valence-electron chi connectivity index (χ4n) is 3.62. The molecule has 1 unspecified atom stereocenters. The monoisotopic (exact) mass is 374 g/mol. The molecule has 2 heterocycles. The van der Waals surface area contributed by atoms with Crippen LogP contribution in [0.25, 0.3) is 0 Å². The van der Waals surface area contributed by atoms with Gasteiger partial charge in [0, 0.05) is 45.8 Å². The van der Waals surface area contributed by atoms with Gasteiger partial charge < -0.3 is 19.9 Å². The Morgan fingerprint density at radius 2 is 1.85 bits per heavy atom. The van der Waals surface area contributed by atoms with Crippen molar-refractivity contribution >= 4 is 11.8 Å². The van der Waals surface area contributed by atoms with Crippen molar-refractivity contribution in [2.75, 3.05) is 52.9 Å². The first kappa shape index (κ1) is 19.6. The zero-order valence-electron chi connectivity index (χ0n) is 16.3. The smallest absolute Gasteiger partial charge is 0.237 e. The Labute approximate surface area is 161 Å². The first-order valence-corrected chi connectivity index (χ1v) is 9.76. The normalized spacial score (nSPS) is 21.8. The molecule has 0 saturated carbocycles. The highest BCUT2D eigenvalue weighted by Crippen LogP contribution is 2.18. The van der Waals surface area contributed by atoms with E-state index in [1.807, 2.05) is 36.1 Å². The van der Waals surface area contributed by atoms with Gasteiger partial charge >= 0.3 is 0 Å². The standard InChI is InChI=1S/C20H30N4O3/c1-3-27-17-6-4-16(5-7-17)15-24-9-8-21-20(26)18(24)14-19(25)23-12-10-22(2)11-13-23/h4-7,18H,3,8-15H2,1-2H3,(H,21,26). The molecule has 7 heteroatoms. The maximum Gasteiger partial charge on any atom is 0.237 e. The Hall–Kier alpha value is -2.12. The summed E-state index contributed by atoms with van der Waals surface area (Å²) in [5, 5.41) is 2.91. The molecule has 2 saturated heterocycles. The number of amides is 2. The van der Waals surface area contributed by atoms with E-state index in [0.29, 0.717) is 19.7 Å². The Bertz CT molecular complexity index is 641. The molecule has 148 valence electrons. The fraction of sp³-hybridized carbons (Fsp3) is 0.600. The van der Waals surface area contributed by atoms with E-state index in [2.05, 4.69) is 22.2 Å².